The molecule has 0 N–H and O–H groups in total. The van der Waals surface area contributed by atoms with E-state index in [9.17, 15) is 4.79 Å². The summed E-state index contributed by atoms with van der Waals surface area (Å²) in [7, 11) is 0. The molecule has 0 spiro atoms. The smallest absolute Gasteiger partial charge is 0.400 e. The number of carbonyl (C=O) groups excluding carboxylic acids is 1. The highest BCUT2D eigenvalue weighted by Gasteiger charge is 1.96. The number of carbonyl (C=O) groups is 1. The van der Waals surface area contributed by atoms with Gasteiger partial charge in [-0.25, -0.2) is 4.79 Å². The monoisotopic (exact) mass is 133 g/mol. The number of rotatable bonds is 2. The van der Waals surface area contributed by atoms with E-state index < -0.39 is 5.30 Å². The maximum atomic E-state index is 9.94. The van der Waals surface area contributed by atoms with E-state index in [4.69, 9.17) is 0 Å². The molecule has 1 radical (unpaired) electrons. The van der Waals surface area contributed by atoms with Gasteiger partial charge in [0.15, 0.2) is 0 Å². The Balaban J connectivity index is 3.05. The van der Waals surface area contributed by atoms with E-state index in [1.54, 1.807) is 0 Å². The predicted molar refractivity (Wildman–Crippen MR) is 33.8 cm³/mol. The summed E-state index contributed by atoms with van der Waals surface area (Å²) in [6.45, 7) is 4.35. The lowest BCUT2D eigenvalue weighted by Gasteiger charge is -2.01. The van der Waals surface area contributed by atoms with Crippen molar-refractivity contribution in [3.63, 3.8) is 0 Å². The molecule has 0 aromatic carbocycles. The van der Waals surface area contributed by atoms with Crippen molar-refractivity contribution >= 4 is 17.9 Å². The number of hydrogen-bond donors (Lipinski definition) is 0. The molecule has 0 amide bonds. The van der Waals surface area contributed by atoms with E-state index in [2.05, 4.69) is 17.4 Å². The molecule has 0 unspecified atom stereocenters. The fraction of sp³-hybridized carbons (Fsp3) is 0.800. The maximum Gasteiger partial charge on any atom is 0.400 e. The zero-order valence-corrected chi connectivity index (χ0v) is 5.83. The first-order valence-corrected chi connectivity index (χ1v) is 2.87. The first-order valence-electron chi connectivity index (χ1n) is 2.46. The maximum absolute atomic E-state index is 9.94. The molecule has 0 aliphatic heterocycles. The Bertz CT molecular complexity index is 80.5. The van der Waals surface area contributed by atoms with Crippen LogP contribution in [-0.2, 0) is 4.74 Å². The predicted octanol–water partition coefficient (Wildman–Crippen LogP) is 1.98. The minimum absolute atomic E-state index is 0.377. The second-order valence-corrected chi connectivity index (χ2v) is 2.29. The van der Waals surface area contributed by atoms with E-state index in [0.717, 1.165) is 0 Å². The minimum atomic E-state index is -0.612. The average Bonchev–Trinajstić information content (AvgIpc) is 1.61. The van der Waals surface area contributed by atoms with Crippen LogP contribution in [0.5, 0.6) is 0 Å². The van der Waals surface area contributed by atoms with Gasteiger partial charge in [-0.2, -0.15) is 0 Å². The Hall–Kier alpha value is -0.310. The second kappa shape index (κ2) is 3.66. The summed E-state index contributed by atoms with van der Waals surface area (Å²) in [5, 5.41) is -0.612. The van der Waals surface area contributed by atoms with Gasteiger partial charge in [0.25, 0.3) is 0 Å². The second-order valence-electron chi connectivity index (χ2n) is 1.95. The van der Waals surface area contributed by atoms with Gasteiger partial charge in [-0.15, -0.1) is 0 Å². The molecule has 0 heterocycles. The van der Waals surface area contributed by atoms with Crippen LogP contribution in [0.25, 0.3) is 0 Å². The van der Waals surface area contributed by atoms with Gasteiger partial charge in [0, 0.05) is 12.6 Å². The van der Waals surface area contributed by atoms with E-state index in [1.165, 1.54) is 0 Å². The Morgan fingerprint density at radius 3 is 2.38 bits per heavy atom. The van der Waals surface area contributed by atoms with E-state index in [1.807, 2.05) is 13.8 Å². The molecular weight excluding hydrogens is 124 g/mol. The fourth-order valence-corrected chi connectivity index (χ4v) is 0.303. The lowest BCUT2D eigenvalue weighted by atomic mass is 10.2. The van der Waals surface area contributed by atoms with Gasteiger partial charge in [0.05, 0.1) is 6.61 Å². The molecule has 0 saturated heterocycles. The number of hydrogen-bond acceptors (Lipinski definition) is 2. The molecule has 0 aromatic rings. The van der Waals surface area contributed by atoms with Crippen molar-refractivity contribution in [2.24, 2.45) is 5.92 Å². The highest BCUT2D eigenvalue weighted by atomic mass is 32.1. The van der Waals surface area contributed by atoms with Crippen molar-refractivity contribution in [3.8, 4) is 0 Å². The molecule has 0 atom stereocenters. The van der Waals surface area contributed by atoms with E-state index >= 15 is 0 Å². The van der Waals surface area contributed by atoms with Crippen LogP contribution in [0.15, 0.2) is 0 Å². The fourth-order valence-electron chi connectivity index (χ4n) is 0.235. The van der Waals surface area contributed by atoms with Gasteiger partial charge < -0.3 is 4.74 Å². The van der Waals surface area contributed by atoms with Crippen LogP contribution >= 0.6 is 12.6 Å². The van der Waals surface area contributed by atoms with Crippen molar-refractivity contribution in [3.05, 3.63) is 0 Å². The summed E-state index contributed by atoms with van der Waals surface area (Å²) in [6, 6.07) is 0. The van der Waals surface area contributed by atoms with Gasteiger partial charge >= 0.3 is 5.30 Å². The summed E-state index contributed by atoms with van der Waals surface area (Å²) in [5.74, 6) is 0.377. The first kappa shape index (κ1) is 7.69. The molecule has 0 aliphatic rings. The molecular formula is C5H9O2S. The molecule has 0 bridgehead atoms. The lowest BCUT2D eigenvalue weighted by Crippen LogP contribution is -2.02. The third-order valence-electron chi connectivity index (χ3n) is 0.535. The van der Waals surface area contributed by atoms with Gasteiger partial charge in [-0.1, -0.05) is 13.8 Å². The van der Waals surface area contributed by atoms with Crippen molar-refractivity contribution < 1.29 is 9.53 Å². The number of ether oxygens (including phenoxy) is 1. The molecule has 47 valence electrons. The van der Waals surface area contributed by atoms with Gasteiger partial charge in [-0.3, -0.25) is 0 Å². The molecule has 0 saturated carbocycles. The van der Waals surface area contributed by atoms with Crippen LogP contribution in [-0.4, -0.2) is 11.9 Å². The summed E-state index contributed by atoms with van der Waals surface area (Å²) in [5.41, 5.74) is 0. The van der Waals surface area contributed by atoms with Gasteiger partial charge in [0.1, 0.15) is 0 Å². The van der Waals surface area contributed by atoms with E-state index in [0.29, 0.717) is 12.5 Å². The zero-order valence-electron chi connectivity index (χ0n) is 5.01. The van der Waals surface area contributed by atoms with Crippen LogP contribution in [0, 0.1) is 5.92 Å². The molecule has 0 aliphatic carbocycles. The van der Waals surface area contributed by atoms with Crippen molar-refractivity contribution in [1.29, 1.82) is 0 Å². The van der Waals surface area contributed by atoms with Crippen LogP contribution in [0.4, 0.5) is 4.79 Å². The van der Waals surface area contributed by atoms with Crippen molar-refractivity contribution in [2.75, 3.05) is 6.61 Å². The normalized spacial score (nSPS) is 9.38. The summed E-state index contributed by atoms with van der Waals surface area (Å²) >= 11 is 4.14. The zero-order chi connectivity index (χ0) is 6.57. The van der Waals surface area contributed by atoms with Gasteiger partial charge in [-0.05, 0) is 5.92 Å². The van der Waals surface area contributed by atoms with E-state index in [-0.39, 0.29) is 0 Å². The summed E-state index contributed by atoms with van der Waals surface area (Å²) < 4.78 is 4.48. The van der Waals surface area contributed by atoms with Gasteiger partial charge in [0.2, 0.25) is 0 Å². The third-order valence-corrected chi connectivity index (χ3v) is 0.652. The van der Waals surface area contributed by atoms with Crippen LogP contribution in [0.1, 0.15) is 13.8 Å². The first-order chi connectivity index (χ1) is 3.63. The average molecular weight is 133 g/mol. The Kier molecular flexibility index (Phi) is 3.52. The quantitative estimate of drug-likeness (QED) is 0.538. The minimum Gasteiger partial charge on any atom is -0.454 e. The highest BCUT2D eigenvalue weighted by Crippen LogP contribution is 1.94. The SMILES string of the molecule is CC(C)COC(=O)[S]. The summed E-state index contributed by atoms with van der Waals surface area (Å²) in [4.78, 5) is 9.94. The highest BCUT2D eigenvalue weighted by molar-refractivity contribution is 7.96. The summed E-state index contributed by atoms with van der Waals surface area (Å²) in [6.07, 6.45) is 0. The molecule has 0 rings (SSSR count). The lowest BCUT2D eigenvalue weighted by molar-refractivity contribution is 0.161. The Labute approximate surface area is 54.6 Å². The molecule has 0 aromatic heterocycles. The van der Waals surface area contributed by atoms with Crippen molar-refractivity contribution in [1.82, 2.24) is 0 Å². The van der Waals surface area contributed by atoms with Crippen molar-refractivity contribution in [2.45, 2.75) is 13.8 Å². The Morgan fingerprint density at radius 1 is 1.75 bits per heavy atom. The molecule has 0 fully saturated rings. The largest absolute Gasteiger partial charge is 0.454 e. The van der Waals surface area contributed by atoms with Crippen LogP contribution in [0.2, 0.25) is 0 Å². The van der Waals surface area contributed by atoms with Crippen LogP contribution in [0.3, 0.4) is 0 Å². The topological polar surface area (TPSA) is 26.3 Å². The third kappa shape index (κ3) is 5.69. The molecule has 8 heavy (non-hydrogen) atoms. The Morgan fingerprint density at radius 2 is 2.25 bits per heavy atom. The molecule has 3 heteroatoms. The van der Waals surface area contributed by atoms with Crippen LogP contribution < -0.4 is 0 Å². The standard InChI is InChI=1S/C5H9O2S/c1-4(2)3-7-5(6)8/h4H,3H2,1-2H3. The molecule has 2 nitrogen and oxygen atoms in total.